The quantitative estimate of drug-likeness (QED) is 0.254. The number of carbonyl (C=O) groups is 2. The number of aldehydes is 2. The predicted molar refractivity (Wildman–Crippen MR) is 23.9 cm³/mol. The fraction of sp³-hybridized carbons (Fsp3) is 0.333. The molecule has 0 aliphatic carbocycles. The fourth-order valence-electron chi connectivity index (χ4n) is 0.0393. The number of hydrogen-bond acceptors (Lipinski definition) is 2. The van der Waals surface area contributed by atoms with Gasteiger partial charge in [-0.05, 0) is 0 Å². The molecule has 0 N–H and O–H groups in total. The van der Waals surface area contributed by atoms with Crippen LogP contribution in [0.15, 0.2) is 0 Å². The second kappa shape index (κ2) is 9.02. The molecule has 0 saturated carbocycles. The maximum absolute atomic E-state index is 9.17. The molecule has 3 heteroatoms. The summed E-state index contributed by atoms with van der Waals surface area (Å²) in [5.74, 6) is 0. The minimum atomic E-state index is 0. The summed E-state index contributed by atoms with van der Waals surface area (Å²) < 4.78 is 0. The molecule has 0 unspecified atom stereocenters. The van der Waals surface area contributed by atoms with Gasteiger partial charge in [-0.1, -0.05) is 0 Å². The van der Waals surface area contributed by atoms with Gasteiger partial charge in [0, 0.05) is 0 Å². The van der Waals surface area contributed by atoms with Crippen molar-refractivity contribution < 1.29 is 9.59 Å². The molecule has 0 radical (unpaired) electrons. The molecule has 30 valence electrons. The Kier molecular flexibility index (Phi) is 14.4. The molecule has 0 aromatic carbocycles. The molecule has 0 aromatic rings. The standard InChI is InChI=1S/C3H4O2.Na.H/c4-2-1-3-5;;/h2-3H,1H2;;. The topological polar surface area (TPSA) is 34.1 Å². The molecule has 0 spiro atoms. The van der Waals surface area contributed by atoms with Crippen molar-refractivity contribution in [3.8, 4) is 0 Å². The Bertz CT molecular complexity index is 38.1. The van der Waals surface area contributed by atoms with E-state index in [1.807, 2.05) is 0 Å². The first-order valence-corrected chi connectivity index (χ1v) is 1.29. The molecule has 0 aromatic heterocycles. The van der Waals surface area contributed by atoms with E-state index in [4.69, 9.17) is 0 Å². The van der Waals surface area contributed by atoms with Crippen molar-refractivity contribution >= 4 is 42.1 Å². The van der Waals surface area contributed by atoms with Crippen LogP contribution in [0.25, 0.3) is 0 Å². The van der Waals surface area contributed by atoms with Crippen molar-refractivity contribution in [2.24, 2.45) is 0 Å². The summed E-state index contributed by atoms with van der Waals surface area (Å²) >= 11 is 0. The normalized spacial score (nSPS) is 5.33. The Hall–Kier alpha value is 0.340. The third-order valence-electron chi connectivity index (χ3n) is 0.192. The van der Waals surface area contributed by atoms with Gasteiger partial charge in [-0.2, -0.15) is 0 Å². The zero-order valence-electron chi connectivity index (χ0n) is 2.68. The molecule has 0 atom stereocenters. The van der Waals surface area contributed by atoms with Crippen LogP contribution in [0.1, 0.15) is 6.42 Å². The van der Waals surface area contributed by atoms with Gasteiger partial charge in [0.15, 0.2) is 0 Å². The Morgan fingerprint density at radius 3 is 1.50 bits per heavy atom. The average Bonchev–Trinajstić information content (AvgIpc) is 1.41. The predicted octanol–water partition coefficient (Wildman–Crippen LogP) is -0.874. The zero-order chi connectivity index (χ0) is 4.12. The van der Waals surface area contributed by atoms with Gasteiger partial charge in [-0.15, -0.1) is 0 Å². The Balaban J connectivity index is 0. The molecule has 2 nitrogen and oxygen atoms in total. The van der Waals surface area contributed by atoms with Gasteiger partial charge in [-0.25, -0.2) is 0 Å². The molecule has 0 aliphatic rings. The summed E-state index contributed by atoms with van der Waals surface area (Å²) in [5, 5.41) is 0. The molecule has 0 rings (SSSR count). The van der Waals surface area contributed by atoms with Crippen LogP contribution < -0.4 is 0 Å². The number of hydrogen-bond donors (Lipinski definition) is 0. The van der Waals surface area contributed by atoms with Crippen LogP contribution in [-0.2, 0) is 9.59 Å². The van der Waals surface area contributed by atoms with Crippen LogP contribution in [0.4, 0.5) is 0 Å². The van der Waals surface area contributed by atoms with Gasteiger partial charge >= 0.3 is 29.6 Å². The molecule has 0 fully saturated rings. The first-order chi connectivity index (χ1) is 2.41. The van der Waals surface area contributed by atoms with E-state index in [1.54, 1.807) is 0 Å². The van der Waals surface area contributed by atoms with E-state index >= 15 is 0 Å². The van der Waals surface area contributed by atoms with Gasteiger partial charge in [-0.3, -0.25) is 0 Å². The molecular formula is C3H5NaO2. The second-order valence-electron chi connectivity index (χ2n) is 0.569. The van der Waals surface area contributed by atoms with Crippen molar-refractivity contribution in [2.75, 3.05) is 0 Å². The van der Waals surface area contributed by atoms with Crippen molar-refractivity contribution in [1.29, 1.82) is 0 Å². The Morgan fingerprint density at radius 2 is 1.50 bits per heavy atom. The first kappa shape index (κ1) is 9.60. The first-order valence-electron chi connectivity index (χ1n) is 1.29. The summed E-state index contributed by atoms with van der Waals surface area (Å²) in [6.07, 6.45) is 1.15. The summed E-state index contributed by atoms with van der Waals surface area (Å²) in [5.41, 5.74) is 0. The third-order valence-corrected chi connectivity index (χ3v) is 0.192. The number of carbonyl (C=O) groups excluding carboxylic acids is 2. The van der Waals surface area contributed by atoms with E-state index in [0.29, 0.717) is 12.6 Å². The van der Waals surface area contributed by atoms with Crippen LogP contribution in [-0.4, -0.2) is 42.1 Å². The SMILES string of the molecule is O=CCC=O.[NaH]. The van der Waals surface area contributed by atoms with Crippen LogP contribution in [0.3, 0.4) is 0 Å². The molecule has 0 heterocycles. The minimum absolute atomic E-state index is 0. The van der Waals surface area contributed by atoms with E-state index in [9.17, 15) is 9.59 Å². The van der Waals surface area contributed by atoms with Crippen molar-refractivity contribution in [2.45, 2.75) is 6.42 Å². The van der Waals surface area contributed by atoms with E-state index in [2.05, 4.69) is 0 Å². The van der Waals surface area contributed by atoms with Gasteiger partial charge in [0.1, 0.15) is 12.6 Å². The number of rotatable bonds is 2. The average molecular weight is 96.1 g/mol. The van der Waals surface area contributed by atoms with E-state index in [0.717, 1.165) is 0 Å². The summed E-state index contributed by atoms with van der Waals surface area (Å²) in [6, 6.07) is 0. The molecule has 0 amide bonds. The summed E-state index contributed by atoms with van der Waals surface area (Å²) in [7, 11) is 0. The van der Waals surface area contributed by atoms with E-state index < -0.39 is 0 Å². The van der Waals surface area contributed by atoms with Crippen LogP contribution >= 0.6 is 0 Å². The van der Waals surface area contributed by atoms with Crippen molar-refractivity contribution in [1.82, 2.24) is 0 Å². The molecule has 0 saturated heterocycles. The summed E-state index contributed by atoms with van der Waals surface area (Å²) in [4.78, 5) is 18.3. The van der Waals surface area contributed by atoms with Crippen LogP contribution in [0.2, 0.25) is 0 Å². The molecule has 0 bridgehead atoms. The van der Waals surface area contributed by atoms with Crippen LogP contribution in [0.5, 0.6) is 0 Å². The monoisotopic (exact) mass is 96.0 g/mol. The van der Waals surface area contributed by atoms with Gasteiger partial charge < -0.3 is 9.59 Å². The Labute approximate surface area is 58.2 Å². The van der Waals surface area contributed by atoms with Crippen molar-refractivity contribution in [3.63, 3.8) is 0 Å². The zero-order valence-corrected chi connectivity index (χ0v) is 2.68. The van der Waals surface area contributed by atoms with E-state index in [1.165, 1.54) is 0 Å². The van der Waals surface area contributed by atoms with Crippen molar-refractivity contribution in [3.05, 3.63) is 0 Å². The van der Waals surface area contributed by atoms with Gasteiger partial charge in [0.05, 0.1) is 6.42 Å². The second-order valence-corrected chi connectivity index (χ2v) is 0.569. The molecular weight excluding hydrogens is 91.0 g/mol. The third kappa shape index (κ3) is 8.84. The van der Waals surface area contributed by atoms with Crippen LogP contribution in [0, 0.1) is 0 Å². The maximum atomic E-state index is 9.17. The summed E-state index contributed by atoms with van der Waals surface area (Å²) in [6.45, 7) is 0. The molecule has 6 heavy (non-hydrogen) atoms. The van der Waals surface area contributed by atoms with E-state index in [-0.39, 0.29) is 36.0 Å². The fourth-order valence-corrected chi connectivity index (χ4v) is 0.0393. The van der Waals surface area contributed by atoms with Gasteiger partial charge in [0.2, 0.25) is 0 Å². The van der Waals surface area contributed by atoms with Gasteiger partial charge in [0.25, 0.3) is 0 Å². The molecule has 0 aliphatic heterocycles. The Morgan fingerprint density at radius 1 is 1.17 bits per heavy atom.